The third-order valence-corrected chi connectivity index (χ3v) is 4.09. The van der Waals surface area contributed by atoms with Gasteiger partial charge in [-0.2, -0.15) is 0 Å². The number of oxime groups is 1. The van der Waals surface area contributed by atoms with Crippen molar-refractivity contribution in [3.8, 4) is 0 Å². The fourth-order valence-corrected chi connectivity index (χ4v) is 2.72. The topological polar surface area (TPSA) is 67.9 Å². The molecule has 1 aliphatic heterocycles. The highest BCUT2D eigenvalue weighted by Crippen LogP contribution is 2.10. The Morgan fingerprint density at radius 3 is 2.43 bits per heavy atom. The van der Waals surface area contributed by atoms with Crippen molar-refractivity contribution >= 4 is 11.7 Å². The van der Waals surface area contributed by atoms with E-state index in [4.69, 9.17) is 10.6 Å². The van der Waals surface area contributed by atoms with Gasteiger partial charge in [0.05, 0.1) is 0 Å². The Hall–Kier alpha value is -2.04. The second-order valence-electron chi connectivity index (χ2n) is 5.99. The van der Waals surface area contributed by atoms with Crippen LogP contribution in [0, 0.1) is 0 Å². The van der Waals surface area contributed by atoms with Crippen LogP contribution in [0.4, 0.5) is 0 Å². The summed E-state index contributed by atoms with van der Waals surface area (Å²) in [7, 11) is 0. The van der Waals surface area contributed by atoms with Gasteiger partial charge in [-0.05, 0) is 24.8 Å². The Labute approximate surface area is 138 Å². The molecule has 0 atom stereocenters. The number of rotatable bonds is 6. The van der Waals surface area contributed by atoms with Crippen LogP contribution in [0.1, 0.15) is 44.1 Å². The van der Waals surface area contributed by atoms with Crippen molar-refractivity contribution < 1.29 is 9.63 Å². The van der Waals surface area contributed by atoms with Crippen LogP contribution in [0.25, 0.3) is 0 Å². The molecule has 1 amide bonds. The summed E-state index contributed by atoms with van der Waals surface area (Å²) < 4.78 is 0. The van der Waals surface area contributed by atoms with E-state index in [9.17, 15) is 4.79 Å². The number of aryl methyl sites for hydroxylation is 1. The normalized spacial score (nSPS) is 16.5. The second-order valence-corrected chi connectivity index (χ2v) is 5.99. The third kappa shape index (κ3) is 6.72. The Bertz CT molecular complexity index is 494. The molecule has 2 N–H and O–H groups in total. The van der Waals surface area contributed by atoms with E-state index in [2.05, 4.69) is 17.3 Å². The predicted molar refractivity (Wildman–Crippen MR) is 92.0 cm³/mol. The largest absolute Gasteiger partial charge is 0.384 e. The van der Waals surface area contributed by atoms with E-state index >= 15 is 0 Å². The van der Waals surface area contributed by atoms with Gasteiger partial charge in [0.15, 0.2) is 6.61 Å². The number of amidine groups is 1. The van der Waals surface area contributed by atoms with E-state index in [0.29, 0.717) is 12.3 Å². The summed E-state index contributed by atoms with van der Waals surface area (Å²) in [6.07, 6.45) is 7.29. The van der Waals surface area contributed by atoms with E-state index in [0.717, 1.165) is 32.4 Å². The lowest BCUT2D eigenvalue weighted by Crippen LogP contribution is -2.36. The molecule has 0 aromatic heterocycles. The Balaban J connectivity index is 1.68. The molecule has 126 valence electrons. The maximum Gasteiger partial charge on any atom is 0.263 e. The fraction of sp³-hybridized carbons (Fsp3) is 0.556. The van der Waals surface area contributed by atoms with Crippen LogP contribution in [0.5, 0.6) is 0 Å². The highest BCUT2D eigenvalue weighted by Gasteiger charge is 2.15. The first-order valence-corrected chi connectivity index (χ1v) is 8.52. The average Bonchev–Trinajstić information content (AvgIpc) is 2.53. The van der Waals surface area contributed by atoms with Crippen molar-refractivity contribution in [2.24, 2.45) is 10.9 Å². The zero-order valence-corrected chi connectivity index (χ0v) is 13.7. The molecule has 0 aliphatic carbocycles. The highest BCUT2D eigenvalue weighted by atomic mass is 16.6. The summed E-state index contributed by atoms with van der Waals surface area (Å²) >= 11 is 0. The zero-order valence-electron chi connectivity index (χ0n) is 13.7. The second kappa shape index (κ2) is 9.87. The van der Waals surface area contributed by atoms with Crippen molar-refractivity contribution in [1.29, 1.82) is 0 Å². The number of likely N-dealkylation sites (tertiary alicyclic amines) is 1. The lowest BCUT2D eigenvalue weighted by Gasteiger charge is -2.24. The first-order valence-electron chi connectivity index (χ1n) is 8.52. The quantitative estimate of drug-likeness (QED) is 0.498. The fourth-order valence-electron chi connectivity index (χ4n) is 2.72. The van der Waals surface area contributed by atoms with Crippen molar-refractivity contribution in [3.05, 3.63) is 35.9 Å². The number of nitrogens with two attached hydrogens (primary N) is 1. The Kier molecular flexibility index (Phi) is 7.43. The van der Waals surface area contributed by atoms with E-state index in [-0.39, 0.29) is 12.5 Å². The lowest BCUT2D eigenvalue weighted by atomic mass is 10.1. The van der Waals surface area contributed by atoms with Crippen LogP contribution < -0.4 is 5.73 Å². The molecule has 0 radical (unpaired) electrons. The molecule has 0 bridgehead atoms. The van der Waals surface area contributed by atoms with Gasteiger partial charge < -0.3 is 15.5 Å². The van der Waals surface area contributed by atoms with Gasteiger partial charge in [0.2, 0.25) is 0 Å². The van der Waals surface area contributed by atoms with E-state index in [1.54, 1.807) is 0 Å². The Morgan fingerprint density at radius 1 is 1.09 bits per heavy atom. The number of carbonyl (C=O) groups is 1. The molecular formula is C18H27N3O2. The molecular weight excluding hydrogens is 290 g/mol. The van der Waals surface area contributed by atoms with Gasteiger partial charge in [0.1, 0.15) is 5.84 Å². The van der Waals surface area contributed by atoms with Gasteiger partial charge >= 0.3 is 0 Å². The standard InChI is InChI=1S/C18H27N3O2/c19-17(12-11-16-9-5-4-6-10-16)20-23-15-18(22)21-13-7-2-1-3-8-14-21/h4-6,9-10H,1-3,7-8,11-15H2,(H2,19,20). The number of hydrogen-bond donors (Lipinski definition) is 1. The molecule has 0 spiro atoms. The molecule has 1 fully saturated rings. The molecule has 5 nitrogen and oxygen atoms in total. The van der Waals surface area contributed by atoms with Crippen molar-refractivity contribution in [2.75, 3.05) is 19.7 Å². The first kappa shape index (κ1) is 17.3. The monoisotopic (exact) mass is 317 g/mol. The van der Waals surface area contributed by atoms with Crippen LogP contribution >= 0.6 is 0 Å². The van der Waals surface area contributed by atoms with Crippen molar-refractivity contribution in [1.82, 2.24) is 4.90 Å². The molecule has 0 unspecified atom stereocenters. The molecule has 1 aromatic rings. The molecule has 5 heteroatoms. The summed E-state index contributed by atoms with van der Waals surface area (Å²) in [5.41, 5.74) is 7.04. The van der Waals surface area contributed by atoms with Crippen LogP contribution in [0.15, 0.2) is 35.5 Å². The first-order chi connectivity index (χ1) is 11.3. The molecule has 1 aromatic carbocycles. The SMILES string of the molecule is N/C(CCc1ccccc1)=N\OCC(=O)N1CCCCCCC1. The summed E-state index contributed by atoms with van der Waals surface area (Å²) in [4.78, 5) is 19.1. The minimum absolute atomic E-state index is 0.00603. The van der Waals surface area contributed by atoms with Crippen molar-refractivity contribution in [3.63, 3.8) is 0 Å². The smallest absolute Gasteiger partial charge is 0.263 e. The number of carbonyl (C=O) groups excluding carboxylic acids is 1. The van der Waals surface area contributed by atoms with Gasteiger partial charge in [-0.15, -0.1) is 0 Å². The number of amides is 1. The van der Waals surface area contributed by atoms with Crippen LogP contribution in [0.3, 0.4) is 0 Å². The average molecular weight is 317 g/mol. The number of benzene rings is 1. The van der Waals surface area contributed by atoms with Crippen LogP contribution in [0.2, 0.25) is 0 Å². The molecule has 2 rings (SSSR count). The van der Waals surface area contributed by atoms with E-state index in [1.807, 2.05) is 23.1 Å². The maximum atomic E-state index is 12.1. The highest BCUT2D eigenvalue weighted by molar-refractivity contribution is 5.80. The van der Waals surface area contributed by atoms with Gasteiger partial charge in [0, 0.05) is 19.5 Å². The summed E-state index contributed by atoms with van der Waals surface area (Å²) in [5, 5.41) is 3.86. The summed E-state index contributed by atoms with van der Waals surface area (Å²) in [6.45, 7) is 1.64. The van der Waals surface area contributed by atoms with Crippen molar-refractivity contribution in [2.45, 2.75) is 44.9 Å². The molecule has 1 heterocycles. The summed E-state index contributed by atoms with van der Waals surface area (Å²) in [5.74, 6) is 0.431. The number of hydrogen-bond acceptors (Lipinski definition) is 3. The van der Waals surface area contributed by atoms with E-state index < -0.39 is 0 Å². The van der Waals surface area contributed by atoms with Gasteiger partial charge in [-0.1, -0.05) is 54.8 Å². The van der Waals surface area contributed by atoms with E-state index in [1.165, 1.54) is 24.8 Å². The molecule has 1 aliphatic rings. The van der Waals surface area contributed by atoms with Crippen LogP contribution in [-0.2, 0) is 16.1 Å². The van der Waals surface area contributed by atoms with Gasteiger partial charge in [-0.3, -0.25) is 4.79 Å². The maximum absolute atomic E-state index is 12.1. The molecule has 0 saturated carbocycles. The Morgan fingerprint density at radius 2 is 1.74 bits per heavy atom. The van der Waals surface area contributed by atoms with Gasteiger partial charge in [0.25, 0.3) is 5.91 Å². The number of nitrogens with zero attached hydrogens (tertiary/aromatic N) is 2. The summed E-state index contributed by atoms with van der Waals surface area (Å²) in [6, 6.07) is 10.1. The minimum Gasteiger partial charge on any atom is -0.384 e. The van der Waals surface area contributed by atoms with Gasteiger partial charge in [-0.25, -0.2) is 0 Å². The zero-order chi connectivity index (χ0) is 16.3. The minimum atomic E-state index is -0.0218. The lowest BCUT2D eigenvalue weighted by molar-refractivity contribution is -0.136. The third-order valence-electron chi connectivity index (χ3n) is 4.09. The molecule has 23 heavy (non-hydrogen) atoms. The molecule has 1 saturated heterocycles. The van der Waals surface area contributed by atoms with Crippen LogP contribution in [-0.4, -0.2) is 36.3 Å². The predicted octanol–water partition coefficient (Wildman–Crippen LogP) is 2.70.